The van der Waals surface area contributed by atoms with Crippen LogP contribution in [0.3, 0.4) is 0 Å². The molecular formula is C19H21F2N3O4. The largest absolute Gasteiger partial charge is 0.441 e. The van der Waals surface area contributed by atoms with Crippen LogP contribution in [0.5, 0.6) is 0 Å². The van der Waals surface area contributed by atoms with Gasteiger partial charge in [0, 0.05) is 31.1 Å². The van der Waals surface area contributed by atoms with Crippen LogP contribution in [0.1, 0.15) is 19.3 Å². The summed E-state index contributed by atoms with van der Waals surface area (Å²) in [7, 11) is 0. The standard InChI is InChI=1S/C19H21F2N3O4/c20-13-5-11(24-8-12(9-25)28-19(24)27)6-14(21)17(13)22-3-4-23(16-7-15(16)22)18(26)10-1-2-10/h5-6,10,12,15-16,25H,1-4,7-9H2/t12-,15?,16?/m1/s1. The van der Waals surface area contributed by atoms with Crippen LogP contribution in [-0.2, 0) is 9.53 Å². The third kappa shape index (κ3) is 2.80. The van der Waals surface area contributed by atoms with Crippen LogP contribution in [0.2, 0.25) is 0 Å². The van der Waals surface area contributed by atoms with Gasteiger partial charge in [-0.15, -0.1) is 0 Å². The van der Waals surface area contributed by atoms with Gasteiger partial charge in [0.1, 0.15) is 11.8 Å². The third-order valence-corrected chi connectivity index (χ3v) is 5.99. The first kappa shape index (κ1) is 17.7. The second kappa shape index (κ2) is 6.30. The summed E-state index contributed by atoms with van der Waals surface area (Å²) in [5.74, 6) is -1.18. The van der Waals surface area contributed by atoms with Crippen LogP contribution in [0, 0.1) is 17.6 Å². The number of halogens is 2. The number of ether oxygens (including phenoxy) is 1. The van der Waals surface area contributed by atoms with E-state index >= 15 is 0 Å². The van der Waals surface area contributed by atoms with E-state index in [0.717, 1.165) is 36.3 Å². The second-order valence-electron chi connectivity index (χ2n) is 7.93. The van der Waals surface area contributed by atoms with Crippen LogP contribution < -0.4 is 9.80 Å². The lowest BCUT2D eigenvalue weighted by molar-refractivity contribution is -0.133. The van der Waals surface area contributed by atoms with Gasteiger partial charge >= 0.3 is 6.09 Å². The predicted octanol–water partition coefficient (Wildman–Crippen LogP) is 1.48. The Labute approximate surface area is 160 Å². The minimum absolute atomic E-state index is 0.0270. The van der Waals surface area contributed by atoms with Crippen LogP contribution >= 0.6 is 0 Å². The van der Waals surface area contributed by atoms with Crippen molar-refractivity contribution in [3.8, 4) is 0 Å². The molecule has 7 nitrogen and oxygen atoms in total. The monoisotopic (exact) mass is 393 g/mol. The van der Waals surface area contributed by atoms with E-state index in [2.05, 4.69) is 0 Å². The van der Waals surface area contributed by atoms with Crippen molar-refractivity contribution in [2.45, 2.75) is 37.5 Å². The third-order valence-electron chi connectivity index (χ3n) is 5.99. The van der Waals surface area contributed by atoms with Crippen molar-refractivity contribution in [2.75, 3.05) is 36.0 Å². The molecule has 5 rings (SSSR count). The zero-order chi connectivity index (χ0) is 19.6. The maximum Gasteiger partial charge on any atom is 0.414 e. The number of cyclic esters (lactones) is 1. The SMILES string of the molecule is O=C1O[C@@H](CO)CN1c1cc(F)c(N2CCN(C(=O)C3CC3)C3CC32)c(F)c1. The van der Waals surface area contributed by atoms with E-state index in [1.165, 1.54) is 0 Å². The quantitative estimate of drug-likeness (QED) is 0.839. The van der Waals surface area contributed by atoms with E-state index in [0.29, 0.717) is 13.1 Å². The number of aliphatic hydroxyl groups is 1. The average Bonchev–Trinajstić information content (AvgIpc) is 3.57. The van der Waals surface area contributed by atoms with Crippen molar-refractivity contribution in [1.29, 1.82) is 0 Å². The molecule has 150 valence electrons. The smallest absolute Gasteiger partial charge is 0.414 e. The number of benzene rings is 1. The van der Waals surface area contributed by atoms with E-state index < -0.39 is 23.8 Å². The fourth-order valence-corrected chi connectivity index (χ4v) is 4.31. The van der Waals surface area contributed by atoms with Crippen LogP contribution in [0.4, 0.5) is 25.0 Å². The molecule has 0 radical (unpaired) electrons. The average molecular weight is 393 g/mol. The van der Waals surface area contributed by atoms with E-state index in [1.54, 1.807) is 4.90 Å². The predicted molar refractivity (Wildman–Crippen MR) is 95.0 cm³/mol. The molecule has 2 amide bonds. The lowest BCUT2D eigenvalue weighted by Gasteiger charge is -2.36. The molecule has 3 atom stereocenters. The zero-order valence-electron chi connectivity index (χ0n) is 15.2. The van der Waals surface area contributed by atoms with Crippen molar-refractivity contribution >= 4 is 23.4 Å². The van der Waals surface area contributed by atoms with E-state index in [1.807, 2.05) is 4.90 Å². The molecule has 2 heterocycles. The lowest BCUT2D eigenvalue weighted by Crippen LogP contribution is -2.49. The van der Waals surface area contributed by atoms with Gasteiger partial charge in [0.15, 0.2) is 11.6 Å². The topological polar surface area (TPSA) is 73.3 Å². The molecule has 2 saturated carbocycles. The maximum atomic E-state index is 14.9. The molecule has 1 N–H and O–H groups in total. The molecule has 2 unspecified atom stereocenters. The molecule has 0 spiro atoms. The highest BCUT2D eigenvalue weighted by Crippen LogP contribution is 2.44. The van der Waals surface area contributed by atoms with Crippen molar-refractivity contribution in [3.05, 3.63) is 23.8 Å². The Morgan fingerprint density at radius 1 is 1.18 bits per heavy atom. The number of anilines is 2. The molecule has 0 aromatic heterocycles. The molecule has 1 aromatic carbocycles. The Hall–Kier alpha value is -2.42. The van der Waals surface area contributed by atoms with E-state index in [9.17, 15) is 18.4 Å². The Bertz CT molecular complexity index is 823. The number of aliphatic hydroxyl groups excluding tert-OH is 1. The van der Waals surface area contributed by atoms with Crippen molar-refractivity contribution in [3.63, 3.8) is 0 Å². The number of piperazine rings is 1. The van der Waals surface area contributed by atoms with Gasteiger partial charge in [-0.25, -0.2) is 13.6 Å². The number of fused-ring (bicyclic) bond motifs is 1. The van der Waals surface area contributed by atoms with Crippen LogP contribution in [-0.4, -0.2) is 66.4 Å². The summed E-state index contributed by atoms with van der Waals surface area (Å²) in [6, 6.07) is 2.21. The summed E-state index contributed by atoms with van der Waals surface area (Å²) in [6.07, 6.45) is 1.16. The summed E-state index contributed by atoms with van der Waals surface area (Å²) >= 11 is 0. The Balaban J connectivity index is 1.36. The number of rotatable bonds is 4. The van der Waals surface area contributed by atoms with Crippen LogP contribution in [0.15, 0.2) is 12.1 Å². The van der Waals surface area contributed by atoms with Crippen molar-refractivity contribution < 1.29 is 28.2 Å². The first-order valence-electron chi connectivity index (χ1n) is 9.63. The van der Waals surface area contributed by atoms with Crippen molar-refractivity contribution in [2.24, 2.45) is 5.92 Å². The zero-order valence-corrected chi connectivity index (χ0v) is 15.2. The molecule has 1 aromatic rings. The summed E-state index contributed by atoms with van der Waals surface area (Å²) < 4.78 is 34.6. The summed E-state index contributed by atoms with van der Waals surface area (Å²) in [6.45, 7) is 0.539. The van der Waals surface area contributed by atoms with Gasteiger partial charge in [-0.2, -0.15) is 0 Å². The molecule has 2 aliphatic carbocycles. The summed E-state index contributed by atoms with van der Waals surface area (Å²) in [5, 5.41) is 9.12. The van der Waals surface area contributed by atoms with E-state index in [-0.39, 0.29) is 48.4 Å². The fourth-order valence-electron chi connectivity index (χ4n) is 4.31. The van der Waals surface area contributed by atoms with E-state index in [4.69, 9.17) is 9.84 Å². The number of carbonyl (C=O) groups excluding carboxylic acids is 2. The van der Waals surface area contributed by atoms with Gasteiger partial charge in [-0.1, -0.05) is 0 Å². The van der Waals surface area contributed by atoms with Gasteiger partial charge < -0.3 is 19.6 Å². The molecular weight excluding hydrogens is 372 g/mol. The highest BCUT2D eigenvalue weighted by atomic mass is 19.1. The Morgan fingerprint density at radius 2 is 1.89 bits per heavy atom. The highest BCUT2D eigenvalue weighted by molar-refractivity contribution is 5.90. The molecule has 28 heavy (non-hydrogen) atoms. The molecule has 4 aliphatic rings. The van der Waals surface area contributed by atoms with Gasteiger partial charge in [-0.3, -0.25) is 9.69 Å². The Morgan fingerprint density at radius 3 is 2.50 bits per heavy atom. The van der Waals surface area contributed by atoms with Gasteiger partial charge in [0.25, 0.3) is 0 Å². The number of hydrogen-bond donors (Lipinski definition) is 1. The highest BCUT2D eigenvalue weighted by Gasteiger charge is 2.53. The minimum Gasteiger partial charge on any atom is -0.441 e. The van der Waals surface area contributed by atoms with Gasteiger partial charge in [0.2, 0.25) is 5.91 Å². The molecule has 4 fully saturated rings. The van der Waals surface area contributed by atoms with Crippen LogP contribution in [0.25, 0.3) is 0 Å². The number of hydrogen-bond acceptors (Lipinski definition) is 5. The fraction of sp³-hybridized carbons (Fsp3) is 0.579. The summed E-state index contributed by atoms with van der Waals surface area (Å²) in [5.41, 5.74) is -0.0457. The first-order chi connectivity index (χ1) is 13.5. The normalized spacial score (nSPS) is 29.0. The minimum atomic E-state index is -0.747. The Kier molecular flexibility index (Phi) is 3.97. The number of nitrogens with zero attached hydrogens (tertiary/aromatic N) is 3. The molecule has 9 heteroatoms. The molecule has 2 saturated heterocycles. The summed E-state index contributed by atoms with van der Waals surface area (Å²) in [4.78, 5) is 28.9. The maximum absolute atomic E-state index is 14.9. The molecule has 0 bridgehead atoms. The number of carbonyl (C=O) groups is 2. The van der Waals surface area contributed by atoms with Gasteiger partial charge in [0.05, 0.1) is 30.9 Å². The first-order valence-corrected chi connectivity index (χ1v) is 9.63. The lowest BCUT2D eigenvalue weighted by atomic mass is 10.2. The number of amides is 2. The van der Waals surface area contributed by atoms with Crippen molar-refractivity contribution in [1.82, 2.24) is 4.90 Å². The van der Waals surface area contributed by atoms with Gasteiger partial charge in [-0.05, 0) is 19.3 Å². The second-order valence-corrected chi connectivity index (χ2v) is 7.93. The molecule has 2 aliphatic heterocycles.